The Kier molecular flexibility index (Phi) is 4.01. The average Bonchev–Trinajstić information content (AvgIpc) is 2.58. The summed E-state index contributed by atoms with van der Waals surface area (Å²) in [6.45, 7) is 0. The van der Waals surface area contributed by atoms with E-state index in [-0.39, 0.29) is 5.78 Å². The quantitative estimate of drug-likeness (QED) is 0.515. The molecule has 0 radical (unpaired) electrons. The fraction of sp³-hybridized carbons (Fsp3) is 0.0500. The summed E-state index contributed by atoms with van der Waals surface area (Å²) in [7, 11) is 1.59. The highest BCUT2D eigenvalue weighted by molar-refractivity contribution is 6.09. The normalized spacial score (nSPS) is 10.2. The maximum atomic E-state index is 12.1. The fourth-order valence-corrected chi connectivity index (χ4v) is 2.18. The molecule has 0 spiro atoms. The van der Waals surface area contributed by atoms with Crippen LogP contribution in [0.15, 0.2) is 78.9 Å². The number of ketones is 1. The van der Waals surface area contributed by atoms with E-state index >= 15 is 0 Å². The molecule has 2 aromatic rings. The molecule has 2 aromatic carbocycles. The van der Waals surface area contributed by atoms with Crippen LogP contribution in [0.4, 0.5) is 0 Å². The molecule has 0 fully saturated rings. The summed E-state index contributed by atoms with van der Waals surface area (Å²) in [6, 6.07) is 24.9. The summed E-state index contributed by atoms with van der Waals surface area (Å²) < 4.78 is 5.09. The van der Waals surface area contributed by atoms with E-state index in [9.17, 15) is 4.79 Å². The van der Waals surface area contributed by atoms with Crippen molar-refractivity contribution in [1.29, 1.82) is 0 Å². The molecule has 0 bridgehead atoms. The molecule has 2 heteroatoms. The van der Waals surface area contributed by atoms with Crippen molar-refractivity contribution in [2.45, 2.75) is 0 Å². The van der Waals surface area contributed by atoms with Crippen LogP contribution in [0.25, 0.3) is 11.1 Å². The van der Waals surface area contributed by atoms with Crippen LogP contribution in [0.2, 0.25) is 0 Å². The molecule has 2 nitrogen and oxygen atoms in total. The molecule has 0 saturated carbocycles. The number of rotatable bonds is 3. The Balaban J connectivity index is 0.000000196. The van der Waals surface area contributed by atoms with Gasteiger partial charge in [0.1, 0.15) is 5.75 Å². The third kappa shape index (κ3) is 2.91. The maximum absolute atomic E-state index is 12.1. The summed E-state index contributed by atoms with van der Waals surface area (Å²) >= 11 is 0. The molecule has 108 valence electrons. The van der Waals surface area contributed by atoms with E-state index in [1.165, 1.54) is 11.1 Å². The van der Waals surface area contributed by atoms with Crippen molar-refractivity contribution in [3.8, 4) is 16.9 Å². The molecule has 2 aliphatic rings. The molecule has 0 amide bonds. The summed E-state index contributed by atoms with van der Waals surface area (Å²) in [5.41, 5.74) is 4.19. The lowest BCUT2D eigenvalue weighted by Gasteiger charge is -2.10. The first-order valence-electron chi connectivity index (χ1n) is 7.12. The van der Waals surface area contributed by atoms with Crippen molar-refractivity contribution < 1.29 is 9.53 Å². The Labute approximate surface area is 130 Å². The van der Waals surface area contributed by atoms with Gasteiger partial charge in [0.25, 0.3) is 0 Å². The predicted octanol–water partition coefficient (Wildman–Crippen LogP) is 4.59. The van der Waals surface area contributed by atoms with Crippen LogP contribution in [-0.4, -0.2) is 12.9 Å². The van der Waals surface area contributed by atoms with E-state index in [1.54, 1.807) is 19.2 Å². The Morgan fingerprint density at radius 1 is 0.727 bits per heavy atom. The Morgan fingerprint density at radius 3 is 1.82 bits per heavy atom. The lowest BCUT2D eigenvalue weighted by atomic mass is 9.95. The standard InChI is InChI=1S/C14H12O2.C6H4/c1-16-13-9-5-8-12(10-13)14(15)11-6-3-2-4-7-11;1-2-6-4-3-5(1)6/h2-10H,1H3;1-4H. The minimum absolute atomic E-state index is 0.0134. The lowest BCUT2D eigenvalue weighted by Crippen LogP contribution is -2.00. The van der Waals surface area contributed by atoms with Crippen molar-refractivity contribution in [1.82, 2.24) is 0 Å². The van der Waals surface area contributed by atoms with E-state index in [1.807, 2.05) is 42.5 Å². The molecular formula is C20H16O2. The number of methoxy groups -OCH3 is 1. The number of ether oxygens (including phenoxy) is 1. The summed E-state index contributed by atoms with van der Waals surface area (Å²) in [4.78, 5) is 12.1. The zero-order valence-electron chi connectivity index (χ0n) is 12.3. The van der Waals surface area contributed by atoms with Gasteiger partial charge in [0.2, 0.25) is 0 Å². The zero-order valence-corrected chi connectivity index (χ0v) is 12.3. The summed E-state index contributed by atoms with van der Waals surface area (Å²) in [5.74, 6) is 0.710. The minimum Gasteiger partial charge on any atom is -0.497 e. The van der Waals surface area contributed by atoms with Gasteiger partial charge in [-0.2, -0.15) is 0 Å². The third-order valence-corrected chi connectivity index (χ3v) is 3.59. The van der Waals surface area contributed by atoms with Crippen molar-refractivity contribution in [2.24, 2.45) is 0 Å². The van der Waals surface area contributed by atoms with Gasteiger partial charge in [-0.1, -0.05) is 66.7 Å². The predicted molar refractivity (Wildman–Crippen MR) is 88.3 cm³/mol. The molecule has 0 aromatic heterocycles. The molecule has 0 heterocycles. The third-order valence-electron chi connectivity index (χ3n) is 3.59. The van der Waals surface area contributed by atoms with Crippen LogP contribution in [-0.2, 0) is 0 Å². The van der Waals surface area contributed by atoms with E-state index in [4.69, 9.17) is 4.74 Å². The molecule has 2 aliphatic carbocycles. The van der Waals surface area contributed by atoms with Crippen LogP contribution in [0.3, 0.4) is 0 Å². The van der Waals surface area contributed by atoms with Crippen molar-refractivity contribution in [3.63, 3.8) is 0 Å². The molecule has 22 heavy (non-hydrogen) atoms. The molecule has 0 aliphatic heterocycles. The van der Waals surface area contributed by atoms with Crippen LogP contribution >= 0.6 is 0 Å². The molecule has 0 N–H and O–H groups in total. The largest absolute Gasteiger partial charge is 0.497 e. The van der Waals surface area contributed by atoms with Gasteiger partial charge < -0.3 is 4.74 Å². The Morgan fingerprint density at radius 2 is 1.32 bits per heavy atom. The van der Waals surface area contributed by atoms with Gasteiger partial charge in [0, 0.05) is 11.1 Å². The van der Waals surface area contributed by atoms with E-state index in [0.29, 0.717) is 16.9 Å². The van der Waals surface area contributed by atoms with Crippen LogP contribution < -0.4 is 4.74 Å². The number of benzene rings is 3. The first-order valence-corrected chi connectivity index (χ1v) is 7.12. The molecular weight excluding hydrogens is 272 g/mol. The van der Waals surface area contributed by atoms with E-state index < -0.39 is 0 Å². The highest BCUT2D eigenvalue weighted by Gasteiger charge is 2.08. The Hall–Kier alpha value is -2.87. The van der Waals surface area contributed by atoms with Gasteiger partial charge in [-0.3, -0.25) is 4.79 Å². The summed E-state index contributed by atoms with van der Waals surface area (Å²) in [6.07, 6.45) is 0. The van der Waals surface area contributed by atoms with Crippen LogP contribution in [0.5, 0.6) is 5.75 Å². The Bertz CT molecular complexity index is 753. The fourth-order valence-electron chi connectivity index (χ4n) is 2.18. The van der Waals surface area contributed by atoms with Crippen LogP contribution in [0, 0.1) is 0 Å². The SMILES string of the molecule is COc1cccc(C(=O)c2ccccc2)c1.c1cc2ccc1-2. The van der Waals surface area contributed by atoms with Gasteiger partial charge in [-0.15, -0.1) is 0 Å². The number of hydrogen-bond acceptors (Lipinski definition) is 2. The number of carbonyl (C=O) groups is 1. The first kappa shape index (κ1) is 14.1. The lowest BCUT2D eigenvalue weighted by molar-refractivity contribution is 0.103. The highest BCUT2D eigenvalue weighted by Crippen LogP contribution is 2.29. The number of hydrogen-bond donors (Lipinski definition) is 0. The molecule has 0 unspecified atom stereocenters. The number of carbonyl (C=O) groups excluding carboxylic acids is 1. The summed E-state index contributed by atoms with van der Waals surface area (Å²) in [5, 5.41) is 0. The minimum atomic E-state index is 0.0134. The van der Waals surface area contributed by atoms with Crippen molar-refractivity contribution in [3.05, 3.63) is 90.0 Å². The topological polar surface area (TPSA) is 26.3 Å². The maximum Gasteiger partial charge on any atom is 0.193 e. The first-order chi connectivity index (χ1) is 10.8. The molecule has 4 rings (SSSR count). The second-order valence-electron chi connectivity index (χ2n) is 5.00. The number of fused-ring (bicyclic) bond motifs is 1. The smallest absolute Gasteiger partial charge is 0.193 e. The van der Waals surface area contributed by atoms with Gasteiger partial charge >= 0.3 is 0 Å². The van der Waals surface area contributed by atoms with Crippen LogP contribution in [0.1, 0.15) is 15.9 Å². The van der Waals surface area contributed by atoms with Gasteiger partial charge in [0.05, 0.1) is 7.11 Å². The van der Waals surface area contributed by atoms with Gasteiger partial charge in [0.15, 0.2) is 5.78 Å². The monoisotopic (exact) mass is 288 g/mol. The van der Waals surface area contributed by atoms with Crippen molar-refractivity contribution >= 4 is 5.78 Å². The highest BCUT2D eigenvalue weighted by atomic mass is 16.5. The van der Waals surface area contributed by atoms with Gasteiger partial charge in [-0.05, 0) is 23.3 Å². The van der Waals surface area contributed by atoms with Crippen molar-refractivity contribution in [2.75, 3.05) is 7.11 Å². The average molecular weight is 288 g/mol. The zero-order chi connectivity index (χ0) is 15.4. The second-order valence-corrected chi connectivity index (χ2v) is 5.00. The van der Waals surface area contributed by atoms with E-state index in [0.717, 1.165) is 0 Å². The molecule has 0 saturated heterocycles. The second kappa shape index (κ2) is 6.27. The molecule has 0 atom stereocenters. The van der Waals surface area contributed by atoms with Gasteiger partial charge in [-0.25, -0.2) is 0 Å². The van der Waals surface area contributed by atoms with E-state index in [2.05, 4.69) is 24.3 Å².